The van der Waals surface area contributed by atoms with E-state index in [9.17, 15) is 9.90 Å². The second-order valence-electron chi connectivity index (χ2n) is 5.38. The number of carboxylic acid groups (broad SMARTS) is 1. The Balaban J connectivity index is 1.77. The Bertz CT molecular complexity index is 822. The molecule has 0 saturated carbocycles. The van der Waals surface area contributed by atoms with E-state index in [2.05, 4.69) is 0 Å². The molecule has 0 aliphatic carbocycles. The topological polar surface area (TPSA) is 67.8 Å². The van der Waals surface area contributed by atoms with Crippen molar-refractivity contribution in [2.45, 2.75) is 6.42 Å². The normalized spacial score (nSPS) is 15.2. The maximum Gasteiger partial charge on any atom is 0.231 e. The first-order valence-electron chi connectivity index (χ1n) is 7.29. The molecular formula is C18H13O5-. The smallest absolute Gasteiger partial charge is 0.231 e. The first kappa shape index (κ1) is 13.7. The summed E-state index contributed by atoms with van der Waals surface area (Å²) in [5, 5.41) is 11.1. The van der Waals surface area contributed by atoms with Crippen molar-refractivity contribution in [1.29, 1.82) is 0 Å². The van der Waals surface area contributed by atoms with Gasteiger partial charge in [0, 0.05) is 12.0 Å². The maximum atomic E-state index is 11.1. The van der Waals surface area contributed by atoms with Crippen LogP contribution in [0.4, 0.5) is 0 Å². The van der Waals surface area contributed by atoms with E-state index < -0.39 is 5.97 Å². The molecule has 2 heterocycles. The molecule has 0 aromatic heterocycles. The minimum atomic E-state index is -1.16. The summed E-state index contributed by atoms with van der Waals surface area (Å²) >= 11 is 0. The third-order valence-electron chi connectivity index (χ3n) is 3.94. The average molecular weight is 309 g/mol. The van der Waals surface area contributed by atoms with Crippen LogP contribution in [0.15, 0.2) is 42.0 Å². The third-order valence-corrected chi connectivity index (χ3v) is 3.94. The van der Waals surface area contributed by atoms with E-state index in [0.717, 1.165) is 22.4 Å². The van der Waals surface area contributed by atoms with E-state index in [1.165, 1.54) is 0 Å². The molecule has 2 aromatic rings. The number of hydrogen-bond acceptors (Lipinski definition) is 5. The molecule has 0 unspecified atom stereocenters. The van der Waals surface area contributed by atoms with Gasteiger partial charge in [-0.25, -0.2) is 0 Å². The Labute approximate surface area is 132 Å². The van der Waals surface area contributed by atoms with Crippen LogP contribution in [-0.4, -0.2) is 19.4 Å². The number of ether oxygens (including phenoxy) is 3. The van der Waals surface area contributed by atoms with Gasteiger partial charge >= 0.3 is 0 Å². The number of benzene rings is 2. The Morgan fingerprint density at radius 1 is 0.913 bits per heavy atom. The van der Waals surface area contributed by atoms with Crippen molar-refractivity contribution in [1.82, 2.24) is 0 Å². The highest BCUT2D eigenvalue weighted by atomic mass is 16.7. The molecule has 0 bridgehead atoms. The van der Waals surface area contributed by atoms with Gasteiger partial charge in [-0.05, 0) is 47.0 Å². The van der Waals surface area contributed by atoms with E-state index in [0.29, 0.717) is 24.5 Å². The van der Waals surface area contributed by atoms with Gasteiger partial charge in [-0.2, -0.15) is 0 Å². The lowest BCUT2D eigenvalue weighted by Crippen LogP contribution is -2.24. The van der Waals surface area contributed by atoms with Gasteiger partial charge < -0.3 is 24.1 Å². The molecule has 0 fully saturated rings. The molecule has 5 nitrogen and oxygen atoms in total. The van der Waals surface area contributed by atoms with Gasteiger partial charge in [0.1, 0.15) is 5.75 Å². The molecule has 116 valence electrons. The van der Waals surface area contributed by atoms with Crippen molar-refractivity contribution in [2.24, 2.45) is 0 Å². The van der Waals surface area contributed by atoms with Crippen LogP contribution >= 0.6 is 0 Å². The number of aliphatic carboxylic acids is 1. The molecule has 2 aliphatic heterocycles. The van der Waals surface area contributed by atoms with Crippen LogP contribution in [0, 0.1) is 0 Å². The number of rotatable bonds is 2. The van der Waals surface area contributed by atoms with Crippen LogP contribution in [0.1, 0.15) is 12.0 Å². The zero-order chi connectivity index (χ0) is 15.8. The SMILES string of the molecule is O=C([O-])C1=Cc2cc(-c3ccc4c(c3)OCO4)ccc2OCC1. The molecule has 5 heteroatoms. The van der Waals surface area contributed by atoms with E-state index in [-0.39, 0.29) is 12.4 Å². The van der Waals surface area contributed by atoms with Crippen molar-refractivity contribution in [3.63, 3.8) is 0 Å². The fraction of sp³-hybridized carbons (Fsp3) is 0.167. The van der Waals surface area contributed by atoms with Crippen molar-refractivity contribution in [3.05, 3.63) is 47.5 Å². The summed E-state index contributed by atoms with van der Waals surface area (Å²) in [5.74, 6) is 0.950. The first-order valence-corrected chi connectivity index (χ1v) is 7.29. The lowest BCUT2D eigenvalue weighted by Gasteiger charge is -2.09. The van der Waals surface area contributed by atoms with E-state index in [1.54, 1.807) is 6.08 Å². The van der Waals surface area contributed by atoms with Gasteiger partial charge in [-0.15, -0.1) is 0 Å². The van der Waals surface area contributed by atoms with Crippen LogP contribution in [0.5, 0.6) is 17.2 Å². The second-order valence-corrected chi connectivity index (χ2v) is 5.38. The number of carboxylic acids is 1. The molecule has 0 amide bonds. The molecule has 2 aromatic carbocycles. The first-order chi connectivity index (χ1) is 11.2. The Kier molecular flexibility index (Phi) is 3.19. The van der Waals surface area contributed by atoms with Gasteiger partial charge in [0.15, 0.2) is 11.5 Å². The monoisotopic (exact) mass is 309 g/mol. The third kappa shape index (κ3) is 2.50. The van der Waals surface area contributed by atoms with E-state index in [4.69, 9.17) is 14.2 Å². The minimum Gasteiger partial charge on any atom is -0.545 e. The van der Waals surface area contributed by atoms with E-state index in [1.807, 2.05) is 36.4 Å². The van der Waals surface area contributed by atoms with Gasteiger partial charge in [0.05, 0.1) is 12.6 Å². The van der Waals surface area contributed by atoms with Crippen LogP contribution < -0.4 is 19.3 Å². The average Bonchev–Trinajstić information content (AvgIpc) is 2.91. The van der Waals surface area contributed by atoms with Gasteiger partial charge in [-0.1, -0.05) is 12.1 Å². The Morgan fingerprint density at radius 3 is 2.48 bits per heavy atom. The molecule has 0 spiro atoms. The molecule has 4 rings (SSSR count). The molecular weight excluding hydrogens is 296 g/mol. The quantitative estimate of drug-likeness (QED) is 0.849. The molecule has 23 heavy (non-hydrogen) atoms. The summed E-state index contributed by atoms with van der Waals surface area (Å²) < 4.78 is 16.3. The molecule has 0 saturated heterocycles. The van der Waals surface area contributed by atoms with Gasteiger partial charge in [-0.3, -0.25) is 0 Å². The molecule has 0 atom stereocenters. The Morgan fingerprint density at radius 2 is 1.65 bits per heavy atom. The second kappa shape index (κ2) is 5.35. The molecule has 0 radical (unpaired) electrons. The van der Waals surface area contributed by atoms with Crippen LogP contribution in [0.2, 0.25) is 0 Å². The summed E-state index contributed by atoms with van der Waals surface area (Å²) in [6.45, 7) is 0.560. The summed E-state index contributed by atoms with van der Waals surface area (Å²) in [6, 6.07) is 11.4. The van der Waals surface area contributed by atoms with Crippen molar-refractivity contribution < 1.29 is 24.1 Å². The highest BCUT2D eigenvalue weighted by molar-refractivity contribution is 5.92. The van der Waals surface area contributed by atoms with E-state index >= 15 is 0 Å². The zero-order valence-corrected chi connectivity index (χ0v) is 12.2. The molecule has 0 N–H and O–H groups in total. The Hall–Kier alpha value is -2.95. The standard InChI is InChI=1S/C18H14O5/c19-18(20)13-5-6-21-15-3-1-11(7-14(15)8-13)12-2-4-16-17(9-12)23-10-22-16/h1-4,7-9H,5-6,10H2,(H,19,20)/p-1. The molecule has 2 aliphatic rings. The van der Waals surface area contributed by atoms with Gasteiger partial charge in [0.25, 0.3) is 0 Å². The fourth-order valence-electron chi connectivity index (χ4n) is 2.74. The lowest BCUT2D eigenvalue weighted by molar-refractivity contribution is -0.299. The van der Waals surface area contributed by atoms with Crippen molar-refractivity contribution in [2.75, 3.05) is 13.4 Å². The summed E-state index contributed by atoms with van der Waals surface area (Å²) in [5.41, 5.74) is 2.88. The number of carbonyl (C=O) groups is 1. The van der Waals surface area contributed by atoms with Crippen molar-refractivity contribution >= 4 is 12.0 Å². The van der Waals surface area contributed by atoms with Crippen LogP contribution in [0.25, 0.3) is 17.2 Å². The van der Waals surface area contributed by atoms with Crippen LogP contribution in [0.3, 0.4) is 0 Å². The lowest BCUT2D eigenvalue weighted by atomic mass is 10.0. The van der Waals surface area contributed by atoms with Crippen LogP contribution in [-0.2, 0) is 4.79 Å². The minimum absolute atomic E-state index is 0.231. The fourth-order valence-corrected chi connectivity index (χ4v) is 2.74. The summed E-state index contributed by atoms with van der Waals surface area (Å²) in [7, 11) is 0. The predicted molar refractivity (Wildman–Crippen MR) is 81.1 cm³/mol. The van der Waals surface area contributed by atoms with Gasteiger partial charge in [0.2, 0.25) is 6.79 Å². The highest BCUT2D eigenvalue weighted by Gasteiger charge is 2.15. The maximum absolute atomic E-state index is 11.1. The summed E-state index contributed by atoms with van der Waals surface area (Å²) in [6.07, 6.45) is 1.95. The number of fused-ring (bicyclic) bond motifs is 2. The summed E-state index contributed by atoms with van der Waals surface area (Å²) in [4.78, 5) is 11.1. The number of carbonyl (C=O) groups excluding carboxylic acids is 1. The highest BCUT2D eigenvalue weighted by Crippen LogP contribution is 2.37. The predicted octanol–water partition coefficient (Wildman–Crippen LogP) is 2.00. The van der Waals surface area contributed by atoms with Crippen molar-refractivity contribution in [3.8, 4) is 28.4 Å². The zero-order valence-electron chi connectivity index (χ0n) is 12.2. The largest absolute Gasteiger partial charge is 0.545 e. The number of hydrogen-bond donors (Lipinski definition) is 0.